The van der Waals surface area contributed by atoms with Crippen LogP contribution in [0.2, 0.25) is 0 Å². The molecular weight excluding hydrogens is 580 g/mol. The standard InChI is InChI=1S/C34H41BrN2O4/c1-3-40-31-20-16-26(23-32(31)41-4-2)17-21-33(38)37(24-27-14-18-28(35)19-15-27)30(22-25-10-6-5-7-11-25)34(39)36-29-12-8-9-13-29/h5-7,10-11,14-16,18-20,23,29-30H,3-4,8-9,12-13,17,21-22,24H2,1-2H3,(H,36,39)/t30-/m1/s1. The molecule has 7 heteroatoms. The van der Waals surface area contributed by atoms with Gasteiger partial charge in [0.25, 0.3) is 0 Å². The van der Waals surface area contributed by atoms with Crippen molar-refractivity contribution in [3.8, 4) is 11.5 Å². The van der Waals surface area contributed by atoms with E-state index in [4.69, 9.17) is 9.47 Å². The van der Waals surface area contributed by atoms with Crippen LogP contribution in [-0.4, -0.2) is 42.0 Å². The summed E-state index contributed by atoms with van der Waals surface area (Å²) in [7, 11) is 0. The van der Waals surface area contributed by atoms with Gasteiger partial charge in [0.05, 0.1) is 13.2 Å². The lowest BCUT2D eigenvalue weighted by atomic mass is 10.0. The molecule has 0 saturated heterocycles. The van der Waals surface area contributed by atoms with Crippen molar-refractivity contribution in [2.75, 3.05) is 13.2 Å². The van der Waals surface area contributed by atoms with Gasteiger partial charge in [-0.1, -0.05) is 77.3 Å². The van der Waals surface area contributed by atoms with Crippen molar-refractivity contribution in [1.82, 2.24) is 10.2 Å². The third-order valence-electron chi connectivity index (χ3n) is 7.47. The van der Waals surface area contributed by atoms with Gasteiger partial charge in [0.1, 0.15) is 6.04 Å². The number of aryl methyl sites for hydroxylation is 1. The van der Waals surface area contributed by atoms with Crippen molar-refractivity contribution >= 4 is 27.7 Å². The second-order valence-electron chi connectivity index (χ2n) is 10.5. The molecule has 1 N–H and O–H groups in total. The molecule has 6 nitrogen and oxygen atoms in total. The second-order valence-corrected chi connectivity index (χ2v) is 11.4. The fourth-order valence-corrected chi connectivity index (χ4v) is 5.62. The van der Waals surface area contributed by atoms with Gasteiger partial charge in [-0.3, -0.25) is 9.59 Å². The summed E-state index contributed by atoms with van der Waals surface area (Å²) in [5, 5.41) is 3.27. The number of carbonyl (C=O) groups excluding carboxylic acids is 2. The van der Waals surface area contributed by atoms with Crippen LogP contribution < -0.4 is 14.8 Å². The molecule has 1 aliphatic carbocycles. The number of halogens is 1. The normalized spacial score (nSPS) is 13.9. The van der Waals surface area contributed by atoms with Crippen molar-refractivity contribution in [2.24, 2.45) is 0 Å². The molecule has 1 aliphatic rings. The Hall–Kier alpha value is -3.32. The minimum Gasteiger partial charge on any atom is -0.490 e. The maximum Gasteiger partial charge on any atom is 0.243 e. The molecule has 3 aromatic rings. The van der Waals surface area contributed by atoms with Crippen LogP contribution in [0, 0.1) is 0 Å². The maximum absolute atomic E-state index is 14.0. The predicted molar refractivity (Wildman–Crippen MR) is 166 cm³/mol. The highest BCUT2D eigenvalue weighted by Gasteiger charge is 2.32. The van der Waals surface area contributed by atoms with Crippen molar-refractivity contribution in [3.63, 3.8) is 0 Å². The molecule has 0 aliphatic heterocycles. The van der Waals surface area contributed by atoms with Gasteiger partial charge < -0.3 is 19.7 Å². The fraction of sp³-hybridized carbons (Fsp3) is 0.412. The SMILES string of the molecule is CCOc1ccc(CCC(=O)N(Cc2ccc(Br)cc2)[C@H](Cc2ccccc2)C(=O)NC2CCCC2)cc1OCC. The second kappa shape index (κ2) is 15.6. The van der Waals surface area contributed by atoms with Crippen LogP contribution in [0.5, 0.6) is 11.5 Å². The molecule has 1 atom stereocenters. The van der Waals surface area contributed by atoms with Gasteiger partial charge in [-0.15, -0.1) is 0 Å². The monoisotopic (exact) mass is 620 g/mol. The van der Waals surface area contributed by atoms with Crippen LogP contribution in [0.1, 0.15) is 62.6 Å². The first-order valence-electron chi connectivity index (χ1n) is 14.7. The maximum atomic E-state index is 14.0. The summed E-state index contributed by atoms with van der Waals surface area (Å²) in [5.41, 5.74) is 3.00. The highest BCUT2D eigenvalue weighted by atomic mass is 79.9. The number of ether oxygens (including phenoxy) is 2. The third kappa shape index (κ3) is 9.09. The Balaban J connectivity index is 1.59. The van der Waals surface area contributed by atoms with E-state index >= 15 is 0 Å². The van der Waals surface area contributed by atoms with E-state index in [1.165, 1.54) is 0 Å². The van der Waals surface area contributed by atoms with E-state index in [1.807, 2.05) is 86.6 Å². The highest BCUT2D eigenvalue weighted by molar-refractivity contribution is 9.10. The number of benzene rings is 3. The van der Waals surface area contributed by atoms with Crippen molar-refractivity contribution in [2.45, 2.75) is 77.4 Å². The van der Waals surface area contributed by atoms with Gasteiger partial charge in [-0.25, -0.2) is 0 Å². The van der Waals surface area contributed by atoms with Gasteiger partial charge in [0.15, 0.2) is 11.5 Å². The topological polar surface area (TPSA) is 67.9 Å². The molecule has 4 rings (SSSR count). The van der Waals surface area contributed by atoms with Crippen molar-refractivity contribution in [1.29, 1.82) is 0 Å². The molecule has 0 heterocycles. The quantitative estimate of drug-likeness (QED) is 0.213. The van der Waals surface area contributed by atoms with Gasteiger partial charge >= 0.3 is 0 Å². The molecule has 0 aromatic heterocycles. The molecule has 3 aromatic carbocycles. The lowest BCUT2D eigenvalue weighted by molar-refractivity contribution is -0.141. The summed E-state index contributed by atoms with van der Waals surface area (Å²) in [4.78, 5) is 29.6. The van der Waals surface area contributed by atoms with Gasteiger partial charge in [0.2, 0.25) is 11.8 Å². The average molecular weight is 622 g/mol. The van der Waals surface area contributed by atoms with Gasteiger partial charge in [0, 0.05) is 29.9 Å². The number of rotatable bonds is 14. The van der Waals surface area contributed by atoms with E-state index in [2.05, 4.69) is 21.2 Å². The molecule has 0 unspecified atom stereocenters. The summed E-state index contributed by atoms with van der Waals surface area (Å²) in [6.07, 6.45) is 5.50. The summed E-state index contributed by atoms with van der Waals surface area (Å²) in [6.45, 7) is 5.32. The number of nitrogens with zero attached hydrogens (tertiary/aromatic N) is 1. The van der Waals surface area contributed by atoms with E-state index < -0.39 is 6.04 Å². The van der Waals surface area contributed by atoms with Crippen LogP contribution in [0.25, 0.3) is 0 Å². The first-order chi connectivity index (χ1) is 20.0. The summed E-state index contributed by atoms with van der Waals surface area (Å²) in [5.74, 6) is 1.25. The zero-order valence-corrected chi connectivity index (χ0v) is 25.7. The number of carbonyl (C=O) groups is 2. The van der Waals surface area contributed by atoms with E-state index in [0.717, 1.165) is 46.8 Å². The Kier molecular flexibility index (Phi) is 11.7. The summed E-state index contributed by atoms with van der Waals surface area (Å²) in [6, 6.07) is 23.3. The van der Waals surface area contributed by atoms with E-state index in [0.29, 0.717) is 44.1 Å². The molecule has 0 radical (unpaired) electrons. The Labute approximate surface area is 252 Å². The highest BCUT2D eigenvalue weighted by Crippen LogP contribution is 2.29. The lowest BCUT2D eigenvalue weighted by Gasteiger charge is -2.32. The van der Waals surface area contributed by atoms with Gasteiger partial charge in [-0.05, 0) is 74.1 Å². The Morgan fingerprint density at radius 1 is 0.878 bits per heavy atom. The van der Waals surface area contributed by atoms with E-state index in [1.54, 1.807) is 4.90 Å². The molecule has 1 fully saturated rings. The third-order valence-corrected chi connectivity index (χ3v) is 8.00. The fourth-order valence-electron chi connectivity index (χ4n) is 5.35. The van der Waals surface area contributed by atoms with E-state index in [9.17, 15) is 9.59 Å². The Morgan fingerprint density at radius 2 is 1.54 bits per heavy atom. The predicted octanol–water partition coefficient (Wildman–Crippen LogP) is 6.88. The average Bonchev–Trinajstić information content (AvgIpc) is 3.49. The largest absolute Gasteiger partial charge is 0.490 e. The summed E-state index contributed by atoms with van der Waals surface area (Å²) >= 11 is 3.50. The number of amides is 2. The molecule has 218 valence electrons. The van der Waals surface area contributed by atoms with Gasteiger partial charge in [-0.2, -0.15) is 0 Å². The minimum absolute atomic E-state index is 0.0535. The smallest absolute Gasteiger partial charge is 0.243 e. The first kappa shape index (κ1) is 30.6. The number of hydrogen-bond donors (Lipinski definition) is 1. The zero-order chi connectivity index (χ0) is 29.0. The molecule has 41 heavy (non-hydrogen) atoms. The Morgan fingerprint density at radius 3 is 2.22 bits per heavy atom. The first-order valence-corrected chi connectivity index (χ1v) is 15.5. The molecule has 0 bridgehead atoms. The van der Waals surface area contributed by atoms with Crippen LogP contribution in [0.4, 0.5) is 0 Å². The number of hydrogen-bond acceptors (Lipinski definition) is 4. The van der Waals surface area contributed by atoms with Crippen LogP contribution >= 0.6 is 15.9 Å². The molecule has 1 saturated carbocycles. The molecule has 0 spiro atoms. The van der Waals surface area contributed by atoms with Crippen molar-refractivity contribution in [3.05, 3.63) is 94.0 Å². The van der Waals surface area contributed by atoms with E-state index in [-0.39, 0.29) is 24.3 Å². The molecular formula is C34H41BrN2O4. The number of nitrogens with one attached hydrogen (secondary N) is 1. The minimum atomic E-state index is -0.617. The van der Waals surface area contributed by atoms with Crippen LogP contribution in [0.3, 0.4) is 0 Å². The zero-order valence-electron chi connectivity index (χ0n) is 24.1. The molecule has 2 amide bonds. The van der Waals surface area contributed by atoms with Crippen LogP contribution in [-0.2, 0) is 29.0 Å². The lowest BCUT2D eigenvalue weighted by Crippen LogP contribution is -2.52. The summed E-state index contributed by atoms with van der Waals surface area (Å²) < 4.78 is 12.5. The van der Waals surface area contributed by atoms with Crippen molar-refractivity contribution < 1.29 is 19.1 Å². The van der Waals surface area contributed by atoms with Crippen LogP contribution in [0.15, 0.2) is 77.3 Å². The Bertz CT molecular complexity index is 1260.